The number of aryl methyl sites for hydroxylation is 1. The molecule has 0 aliphatic heterocycles. The Kier molecular flexibility index (Phi) is 7.04. The number of aliphatic hydroxyl groups excluding tert-OH is 1. The third-order valence-corrected chi connectivity index (χ3v) is 6.56. The fourth-order valence-electron chi connectivity index (χ4n) is 3.65. The van der Waals surface area contributed by atoms with Crippen LogP contribution in [-0.2, 0) is 16.1 Å². The lowest BCUT2D eigenvalue weighted by Gasteiger charge is -2.33. The van der Waals surface area contributed by atoms with Crippen LogP contribution in [0, 0.1) is 13.8 Å². The van der Waals surface area contributed by atoms with Gasteiger partial charge in [-0.2, -0.15) is 0 Å². The number of likely N-dealkylation sites (N-methyl/N-ethyl adjacent to an activating group) is 1. The summed E-state index contributed by atoms with van der Waals surface area (Å²) in [6.45, 7) is 3.69. The number of amides is 1. The van der Waals surface area contributed by atoms with E-state index in [1.54, 1.807) is 4.90 Å². The smallest absolute Gasteiger partial charge is 0.252 e. The van der Waals surface area contributed by atoms with E-state index in [0.717, 1.165) is 16.0 Å². The second-order valence-electron chi connectivity index (χ2n) is 7.36. The largest absolute Gasteiger partial charge is 0.395 e. The molecule has 1 aliphatic carbocycles. The molecule has 1 amide bonds. The number of ketones is 2. The number of carbonyl (C=O) groups excluding carboxylic acids is 3. The summed E-state index contributed by atoms with van der Waals surface area (Å²) in [4.78, 5) is 44.0. The monoisotopic (exact) mass is 442 g/mol. The number of fused-ring (bicyclic) bond motifs is 1. The molecule has 0 fully saturated rings. The van der Waals surface area contributed by atoms with Gasteiger partial charge in [0.05, 0.1) is 11.5 Å². The average Bonchev–Trinajstić information content (AvgIpc) is 3.05. The van der Waals surface area contributed by atoms with Crippen LogP contribution < -0.4 is 0 Å². The number of carbonyl (C=O) groups is 3. The number of allylic oxidation sites excluding steroid dienone is 2. The summed E-state index contributed by atoms with van der Waals surface area (Å²) in [5.41, 5.74) is 2.16. The van der Waals surface area contributed by atoms with E-state index in [-0.39, 0.29) is 42.7 Å². The van der Waals surface area contributed by atoms with E-state index in [4.69, 9.17) is 4.74 Å². The number of benzene rings is 1. The Bertz CT molecular complexity index is 1040. The number of hydrogen-bond donors (Lipinski definition) is 1. The van der Waals surface area contributed by atoms with Crippen molar-refractivity contribution in [3.05, 3.63) is 68.2 Å². The number of thiophene rings is 1. The normalized spacial score (nSPS) is 13.5. The SMILES string of the molecule is COCC(=O)N(C)C1=C(N(CCO)Cc2ccccc2)C(=O)c2sc(C)c(C)c2C1=O. The molecule has 3 rings (SSSR count). The zero-order valence-corrected chi connectivity index (χ0v) is 18.9. The van der Waals surface area contributed by atoms with Crippen molar-refractivity contribution in [2.24, 2.45) is 0 Å². The van der Waals surface area contributed by atoms with Crippen LogP contribution in [0.15, 0.2) is 41.7 Å². The number of rotatable bonds is 8. The molecule has 1 aromatic carbocycles. The Balaban J connectivity index is 2.19. The van der Waals surface area contributed by atoms with E-state index in [1.807, 2.05) is 44.2 Å². The molecule has 31 heavy (non-hydrogen) atoms. The van der Waals surface area contributed by atoms with Crippen LogP contribution in [0.4, 0.5) is 0 Å². The molecular weight excluding hydrogens is 416 g/mol. The van der Waals surface area contributed by atoms with Crippen molar-refractivity contribution >= 4 is 28.8 Å². The Labute approximate surface area is 185 Å². The molecule has 0 saturated heterocycles. The van der Waals surface area contributed by atoms with Crippen LogP contribution in [0.25, 0.3) is 0 Å². The van der Waals surface area contributed by atoms with E-state index in [1.165, 1.54) is 30.4 Å². The van der Waals surface area contributed by atoms with Gasteiger partial charge in [0.1, 0.15) is 18.0 Å². The summed E-state index contributed by atoms with van der Waals surface area (Å²) in [6, 6.07) is 9.47. The Morgan fingerprint density at radius 2 is 1.77 bits per heavy atom. The molecule has 0 unspecified atom stereocenters. The van der Waals surface area contributed by atoms with Gasteiger partial charge in [0.25, 0.3) is 5.91 Å². The Morgan fingerprint density at radius 1 is 1.10 bits per heavy atom. The highest BCUT2D eigenvalue weighted by molar-refractivity contribution is 7.15. The van der Waals surface area contributed by atoms with Crippen LogP contribution >= 0.6 is 11.3 Å². The van der Waals surface area contributed by atoms with Gasteiger partial charge in [-0.25, -0.2) is 0 Å². The zero-order valence-electron chi connectivity index (χ0n) is 18.1. The molecule has 0 atom stereocenters. The molecule has 1 N–H and O–H groups in total. The van der Waals surface area contributed by atoms with Crippen molar-refractivity contribution in [3.63, 3.8) is 0 Å². The van der Waals surface area contributed by atoms with E-state index < -0.39 is 5.91 Å². The van der Waals surface area contributed by atoms with Crippen LogP contribution in [0.5, 0.6) is 0 Å². The van der Waals surface area contributed by atoms with E-state index in [2.05, 4.69) is 0 Å². The number of ether oxygens (including phenoxy) is 1. The second kappa shape index (κ2) is 9.55. The minimum absolute atomic E-state index is 0.0184. The van der Waals surface area contributed by atoms with Gasteiger partial charge in [0.2, 0.25) is 11.6 Å². The molecule has 1 aliphatic rings. The summed E-state index contributed by atoms with van der Waals surface area (Å²) in [7, 11) is 2.87. The van der Waals surface area contributed by atoms with Crippen molar-refractivity contribution in [3.8, 4) is 0 Å². The van der Waals surface area contributed by atoms with Crippen LogP contribution in [-0.4, -0.2) is 66.3 Å². The topological polar surface area (TPSA) is 87.2 Å². The highest BCUT2D eigenvalue weighted by Gasteiger charge is 2.41. The quantitative estimate of drug-likeness (QED) is 0.676. The van der Waals surface area contributed by atoms with Gasteiger partial charge in [-0.1, -0.05) is 30.3 Å². The van der Waals surface area contributed by atoms with Gasteiger partial charge in [0.15, 0.2) is 0 Å². The maximum Gasteiger partial charge on any atom is 0.252 e. The molecule has 8 heteroatoms. The first-order valence-electron chi connectivity index (χ1n) is 9.90. The summed E-state index contributed by atoms with van der Waals surface area (Å²) in [6.07, 6.45) is 0. The lowest BCUT2D eigenvalue weighted by atomic mass is 9.92. The molecular formula is C23H26N2O5S. The number of methoxy groups -OCH3 is 1. The van der Waals surface area contributed by atoms with E-state index >= 15 is 0 Å². The van der Waals surface area contributed by atoms with Gasteiger partial charge >= 0.3 is 0 Å². The van der Waals surface area contributed by atoms with Crippen molar-refractivity contribution in [1.29, 1.82) is 0 Å². The maximum atomic E-state index is 13.6. The number of hydrogen-bond acceptors (Lipinski definition) is 7. The molecule has 164 valence electrons. The van der Waals surface area contributed by atoms with Gasteiger partial charge in [-0.15, -0.1) is 11.3 Å². The van der Waals surface area contributed by atoms with E-state index in [0.29, 0.717) is 17.0 Å². The molecule has 1 aromatic heterocycles. The predicted molar refractivity (Wildman–Crippen MR) is 118 cm³/mol. The minimum atomic E-state index is -0.437. The molecule has 0 spiro atoms. The third kappa shape index (κ3) is 4.32. The summed E-state index contributed by atoms with van der Waals surface area (Å²) in [5.74, 6) is -1.12. The van der Waals surface area contributed by atoms with Crippen molar-refractivity contribution in [1.82, 2.24) is 9.80 Å². The van der Waals surface area contributed by atoms with Crippen LogP contribution in [0.2, 0.25) is 0 Å². The van der Waals surface area contributed by atoms with Crippen molar-refractivity contribution < 1.29 is 24.2 Å². The molecule has 1 heterocycles. The number of Topliss-reactive ketones (excluding diaryl/α,β-unsaturated/α-hetero) is 2. The second-order valence-corrected chi connectivity index (χ2v) is 8.58. The van der Waals surface area contributed by atoms with Crippen molar-refractivity contribution in [2.45, 2.75) is 20.4 Å². The maximum absolute atomic E-state index is 13.6. The molecule has 0 bridgehead atoms. The van der Waals surface area contributed by atoms with Gasteiger partial charge in [-0.3, -0.25) is 14.4 Å². The third-order valence-electron chi connectivity index (χ3n) is 5.35. The average molecular weight is 443 g/mol. The summed E-state index contributed by atoms with van der Waals surface area (Å²) in [5, 5.41) is 9.70. The predicted octanol–water partition coefficient (Wildman–Crippen LogP) is 2.55. The summed E-state index contributed by atoms with van der Waals surface area (Å²) >= 11 is 1.28. The highest BCUT2D eigenvalue weighted by Crippen LogP contribution is 2.38. The lowest BCUT2D eigenvalue weighted by molar-refractivity contribution is -0.131. The number of nitrogens with zero attached hydrogens (tertiary/aromatic N) is 2. The van der Waals surface area contributed by atoms with Crippen molar-refractivity contribution in [2.75, 3.05) is 33.9 Å². The van der Waals surface area contributed by atoms with Gasteiger partial charge in [-0.05, 0) is 25.0 Å². The fraction of sp³-hybridized carbons (Fsp3) is 0.348. The fourth-order valence-corrected chi connectivity index (χ4v) is 4.74. The molecule has 2 aromatic rings. The first-order chi connectivity index (χ1) is 14.8. The number of aliphatic hydroxyl groups is 1. The van der Waals surface area contributed by atoms with Gasteiger partial charge in [0, 0.05) is 37.7 Å². The standard InChI is InChI=1S/C23H26N2O5S/c1-14-15(2)31-23-18(14)21(28)19(24(3)17(27)13-30-4)20(22(23)29)25(10-11-26)12-16-8-6-5-7-9-16/h5-9,26H,10-13H2,1-4H3. The zero-order chi connectivity index (χ0) is 22.7. The minimum Gasteiger partial charge on any atom is -0.395 e. The first kappa shape index (κ1) is 22.9. The van der Waals surface area contributed by atoms with Crippen LogP contribution in [0.1, 0.15) is 36.0 Å². The Morgan fingerprint density at radius 3 is 2.39 bits per heavy atom. The highest BCUT2D eigenvalue weighted by atomic mass is 32.1. The molecule has 0 radical (unpaired) electrons. The Hall–Kier alpha value is -2.81. The molecule has 0 saturated carbocycles. The van der Waals surface area contributed by atoms with Gasteiger partial charge < -0.3 is 19.6 Å². The lowest BCUT2D eigenvalue weighted by Crippen LogP contribution is -2.42. The summed E-state index contributed by atoms with van der Waals surface area (Å²) < 4.78 is 4.95. The molecule has 7 nitrogen and oxygen atoms in total. The first-order valence-corrected chi connectivity index (χ1v) is 10.7. The van der Waals surface area contributed by atoms with Crippen LogP contribution in [0.3, 0.4) is 0 Å². The van der Waals surface area contributed by atoms with E-state index in [9.17, 15) is 19.5 Å².